The molecule has 0 bridgehead atoms. The SMILES string of the molecule is CCOC(=O)CCCCC[C@H](C(=O)Nc1cccnc1)c1ccc(N(C)C)cc1. The van der Waals surface area contributed by atoms with E-state index in [9.17, 15) is 9.59 Å². The van der Waals surface area contributed by atoms with E-state index in [4.69, 9.17) is 4.74 Å². The molecule has 6 heteroatoms. The van der Waals surface area contributed by atoms with Crippen LogP contribution < -0.4 is 10.2 Å². The number of hydrogen-bond acceptors (Lipinski definition) is 5. The summed E-state index contributed by atoms with van der Waals surface area (Å²) in [6, 6.07) is 11.7. The number of rotatable bonds is 11. The first kappa shape index (κ1) is 22.4. The van der Waals surface area contributed by atoms with E-state index in [1.54, 1.807) is 18.5 Å². The molecular formula is C23H31N3O3. The molecule has 0 saturated heterocycles. The molecule has 0 aliphatic carbocycles. The van der Waals surface area contributed by atoms with Gasteiger partial charge in [0.05, 0.1) is 24.4 Å². The van der Waals surface area contributed by atoms with Crippen LogP contribution in [0.3, 0.4) is 0 Å². The minimum absolute atomic E-state index is 0.0407. The molecule has 0 fully saturated rings. The fourth-order valence-electron chi connectivity index (χ4n) is 3.15. The van der Waals surface area contributed by atoms with Gasteiger partial charge >= 0.3 is 5.97 Å². The van der Waals surface area contributed by atoms with Gasteiger partial charge < -0.3 is 15.0 Å². The number of ether oxygens (including phenoxy) is 1. The Hall–Kier alpha value is -2.89. The lowest BCUT2D eigenvalue weighted by molar-refractivity contribution is -0.143. The van der Waals surface area contributed by atoms with Gasteiger partial charge in [-0.1, -0.05) is 25.0 Å². The van der Waals surface area contributed by atoms with E-state index in [1.807, 2.05) is 56.3 Å². The summed E-state index contributed by atoms with van der Waals surface area (Å²) in [7, 11) is 3.98. The number of unbranched alkanes of at least 4 members (excludes halogenated alkanes) is 2. The van der Waals surface area contributed by atoms with Crippen LogP contribution >= 0.6 is 0 Å². The van der Waals surface area contributed by atoms with Crippen LogP contribution in [-0.4, -0.2) is 37.6 Å². The summed E-state index contributed by atoms with van der Waals surface area (Å²) in [6.45, 7) is 2.23. The predicted octanol–water partition coefficient (Wildman–Crippen LogP) is 4.38. The molecule has 2 aromatic rings. The molecule has 1 aromatic carbocycles. The molecule has 1 atom stereocenters. The number of carbonyl (C=O) groups excluding carboxylic acids is 2. The van der Waals surface area contributed by atoms with Crippen LogP contribution in [0, 0.1) is 0 Å². The third-order valence-corrected chi connectivity index (χ3v) is 4.74. The standard InChI is InChI=1S/C23H31N3O3/c1-4-29-22(27)11-7-5-6-10-21(18-12-14-20(15-13-18)26(2)3)23(28)25-19-9-8-16-24-17-19/h8-9,12-17,21H,4-7,10-11H2,1-3H3,(H,25,28)/t21-/m0/s1. The highest BCUT2D eigenvalue weighted by atomic mass is 16.5. The predicted molar refractivity (Wildman–Crippen MR) is 116 cm³/mol. The Labute approximate surface area is 173 Å². The number of pyridine rings is 1. The van der Waals surface area contributed by atoms with Gasteiger partial charge in [0.1, 0.15) is 0 Å². The van der Waals surface area contributed by atoms with E-state index in [0.717, 1.165) is 36.9 Å². The number of esters is 1. The smallest absolute Gasteiger partial charge is 0.305 e. The Morgan fingerprint density at radius 2 is 1.86 bits per heavy atom. The van der Waals surface area contributed by atoms with Crippen LogP contribution in [0.2, 0.25) is 0 Å². The quantitative estimate of drug-likeness (QED) is 0.450. The average molecular weight is 398 g/mol. The average Bonchev–Trinajstić information content (AvgIpc) is 2.71. The van der Waals surface area contributed by atoms with Crippen LogP contribution in [0.15, 0.2) is 48.8 Å². The molecule has 29 heavy (non-hydrogen) atoms. The molecule has 0 saturated carbocycles. The van der Waals surface area contributed by atoms with Crippen molar-refractivity contribution in [2.24, 2.45) is 0 Å². The molecule has 1 aromatic heterocycles. The van der Waals surface area contributed by atoms with Gasteiger partial charge in [0.25, 0.3) is 0 Å². The van der Waals surface area contributed by atoms with Gasteiger partial charge in [0.2, 0.25) is 5.91 Å². The number of nitrogens with one attached hydrogen (secondary N) is 1. The summed E-state index contributed by atoms with van der Waals surface area (Å²) in [5.41, 5.74) is 2.77. The molecule has 0 radical (unpaired) electrons. The van der Waals surface area contributed by atoms with E-state index < -0.39 is 0 Å². The summed E-state index contributed by atoms with van der Waals surface area (Å²) in [4.78, 5) is 30.5. The van der Waals surface area contributed by atoms with Gasteiger partial charge in [0, 0.05) is 32.4 Å². The maximum absolute atomic E-state index is 13.0. The van der Waals surface area contributed by atoms with Crippen LogP contribution in [-0.2, 0) is 14.3 Å². The summed E-state index contributed by atoms with van der Waals surface area (Å²) in [5, 5.41) is 2.97. The first-order valence-electron chi connectivity index (χ1n) is 10.1. The molecule has 1 amide bonds. The van der Waals surface area contributed by atoms with Gasteiger partial charge in [-0.25, -0.2) is 0 Å². The van der Waals surface area contributed by atoms with Crippen molar-refractivity contribution >= 4 is 23.3 Å². The van der Waals surface area contributed by atoms with E-state index in [1.165, 1.54) is 0 Å². The Balaban J connectivity index is 2.00. The molecule has 0 unspecified atom stereocenters. The van der Waals surface area contributed by atoms with Crippen molar-refractivity contribution in [1.29, 1.82) is 0 Å². The van der Waals surface area contributed by atoms with Gasteiger partial charge in [-0.2, -0.15) is 0 Å². The monoisotopic (exact) mass is 397 g/mol. The van der Waals surface area contributed by atoms with Crippen molar-refractivity contribution in [3.63, 3.8) is 0 Å². The Morgan fingerprint density at radius 3 is 2.48 bits per heavy atom. The fourth-order valence-corrected chi connectivity index (χ4v) is 3.15. The summed E-state index contributed by atoms with van der Waals surface area (Å²) in [6.07, 6.45) is 6.98. The Morgan fingerprint density at radius 1 is 1.10 bits per heavy atom. The lowest BCUT2D eigenvalue weighted by Crippen LogP contribution is -2.21. The number of aromatic nitrogens is 1. The van der Waals surface area contributed by atoms with Crippen molar-refractivity contribution in [3.8, 4) is 0 Å². The van der Waals surface area contributed by atoms with Gasteiger partial charge in [0.15, 0.2) is 0 Å². The second-order valence-corrected chi connectivity index (χ2v) is 7.17. The van der Waals surface area contributed by atoms with Crippen molar-refractivity contribution in [3.05, 3.63) is 54.4 Å². The van der Waals surface area contributed by atoms with Crippen LogP contribution in [0.4, 0.5) is 11.4 Å². The molecule has 0 aliphatic rings. The van der Waals surface area contributed by atoms with E-state index in [2.05, 4.69) is 10.3 Å². The Bertz CT molecular complexity index is 761. The largest absolute Gasteiger partial charge is 0.466 e. The number of nitrogens with zero attached hydrogens (tertiary/aromatic N) is 2. The third kappa shape index (κ3) is 7.56. The minimum Gasteiger partial charge on any atom is -0.466 e. The Kier molecular flexibility index (Phi) is 9.15. The van der Waals surface area contributed by atoms with Crippen molar-refractivity contribution < 1.29 is 14.3 Å². The maximum Gasteiger partial charge on any atom is 0.305 e. The topological polar surface area (TPSA) is 71.5 Å². The van der Waals surface area contributed by atoms with Gasteiger partial charge in [-0.3, -0.25) is 14.6 Å². The normalized spacial score (nSPS) is 11.6. The minimum atomic E-state index is -0.256. The number of anilines is 2. The zero-order valence-corrected chi connectivity index (χ0v) is 17.6. The fraction of sp³-hybridized carbons (Fsp3) is 0.435. The van der Waals surface area contributed by atoms with E-state index >= 15 is 0 Å². The highest BCUT2D eigenvalue weighted by Crippen LogP contribution is 2.26. The molecule has 1 N–H and O–H groups in total. The number of amides is 1. The first-order valence-corrected chi connectivity index (χ1v) is 10.1. The summed E-state index contributed by atoms with van der Waals surface area (Å²) in [5.74, 6) is -0.451. The van der Waals surface area contributed by atoms with E-state index in [-0.39, 0.29) is 17.8 Å². The van der Waals surface area contributed by atoms with E-state index in [0.29, 0.717) is 18.7 Å². The van der Waals surface area contributed by atoms with Crippen molar-refractivity contribution in [1.82, 2.24) is 4.98 Å². The van der Waals surface area contributed by atoms with Gasteiger partial charge in [-0.05, 0) is 49.6 Å². The molecular weight excluding hydrogens is 366 g/mol. The zero-order chi connectivity index (χ0) is 21.1. The van der Waals surface area contributed by atoms with Gasteiger partial charge in [-0.15, -0.1) is 0 Å². The molecule has 156 valence electrons. The second kappa shape index (κ2) is 11.8. The van der Waals surface area contributed by atoms with Crippen LogP contribution in [0.5, 0.6) is 0 Å². The number of hydrogen-bond donors (Lipinski definition) is 1. The first-order chi connectivity index (χ1) is 14.0. The van der Waals surface area contributed by atoms with Crippen LogP contribution in [0.25, 0.3) is 0 Å². The summed E-state index contributed by atoms with van der Waals surface area (Å²) >= 11 is 0. The molecule has 0 spiro atoms. The zero-order valence-electron chi connectivity index (χ0n) is 17.6. The highest BCUT2D eigenvalue weighted by molar-refractivity contribution is 5.95. The van der Waals surface area contributed by atoms with Crippen molar-refractivity contribution in [2.75, 3.05) is 30.9 Å². The molecule has 0 aliphatic heterocycles. The lowest BCUT2D eigenvalue weighted by atomic mass is 9.91. The second-order valence-electron chi connectivity index (χ2n) is 7.17. The maximum atomic E-state index is 13.0. The summed E-state index contributed by atoms with van der Waals surface area (Å²) < 4.78 is 4.96. The molecule has 1 heterocycles. The highest BCUT2D eigenvalue weighted by Gasteiger charge is 2.21. The van der Waals surface area contributed by atoms with Crippen molar-refractivity contribution in [2.45, 2.75) is 44.9 Å². The number of carbonyl (C=O) groups is 2. The molecule has 6 nitrogen and oxygen atoms in total. The third-order valence-electron chi connectivity index (χ3n) is 4.74. The molecule has 2 rings (SSSR count). The lowest BCUT2D eigenvalue weighted by Gasteiger charge is -2.19. The van der Waals surface area contributed by atoms with Crippen LogP contribution in [0.1, 0.15) is 50.5 Å². The number of benzene rings is 1.